The molecule has 3 rings (SSSR count). The fourth-order valence-electron chi connectivity index (χ4n) is 3.87. The van der Waals surface area contributed by atoms with Gasteiger partial charge in [-0.3, -0.25) is 14.4 Å². The molecule has 1 aromatic heterocycles. The molecule has 3 N–H and O–H groups in total. The molecule has 2 amide bonds. The molecule has 0 aliphatic heterocycles. The van der Waals surface area contributed by atoms with E-state index in [1.54, 1.807) is 30.5 Å². The van der Waals surface area contributed by atoms with Crippen LogP contribution in [0.3, 0.4) is 0 Å². The molecule has 11 heteroatoms. The Morgan fingerprint density at radius 3 is 2.17 bits per heavy atom. The van der Waals surface area contributed by atoms with Crippen LogP contribution in [0.1, 0.15) is 42.9 Å². The van der Waals surface area contributed by atoms with E-state index in [4.69, 9.17) is 4.74 Å². The topological polar surface area (TPSA) is 109 Å². The molecule has 2 aromatic carbocycles. The monoisotopic (exact) mass is 556 g/mol. The number of hydrogen-bond donors (Lipinski definition) is 3. The molecule has 0 spiro atoms. The highest BCUT2D eigenvalue weighted by Crippen LogP contribution is 2.31. The minimum Gasteiger partial charge on any atom is -0.469 e. The minimum atomic E-state index is -4.42. The van der Waals surface area contributed by atoms with Gasteiger partial charge >= 0.3 is 12.1 Å². The summed E-state index contributed by atoms with van der Waals surface area (Å²) < 4.78 is 43.3. The zero-order valence-corrected chi connectivity index (χ0v) is 22.0. The van der Waals surface area contributed by atoms with Crippen molar-refractivity contribution in [3.8, 4) is 11.1 Å². The number of carbonyl (C=O) groups is 3. The fraction of sp³-hybridized carbons (Fsp3) is 0.310. The van der Waals surface area contributed by atoms with E-state index < -0.39 is 29.7 Å². The van der Waals surface area contributed by atoms with Gasteiger partial charge in [0.1, 0.15) is 5.82 Å². The number of anilines is 1. The summed E-state index contributed by atoms with van der Waals surface area (Å²) in [5, 5.41) is 8.48. The SMILES string of the molecule is COC(=O)CC(NC(=O)CNC(=O)CCCCNc1ccccn1)c1ccc(-c2ccc(C(F)(F)F)cc2)cc1. The number of methoxy groups -OCH3 is 1. The summed E-state index contributed by atoms with van der Waals surface area (Å²) in [6, 6.07) is 16.4. The van der Waals surface area contributed by atoms with Gasteiger partial charge in [0.25, 0.3) is 0 Å². The van der Waals surface area contributed by atoms with Gasteiger partial charge in [-0.05, 0) is 53.8 Å². The largest absolute Gasteiger partial charge is 0.469 e. The van der Waals surface area contributed by atoms with Crippen LogP contribution in [0.2, 0.25) is 0 Å². The van der Waals surface area contributed by atoms with Gasteiger partial charge in [-0.1, -0.05) is 42.5 Å². The van der Waals surface area contributed by atoms with Crippen molar-refractivity contribution in [1.82, 2.24) is 15.6 Å². The molecule has 0 saturated carbocycles. The van der Waals surface area contributed by atoms with Gasteiger partial charge in [0.2, 0.25) is 11.8 Å². The summed E-state index contributed by atoms with van der Waals surface area (Å²) in [7, 11) is 1.24. The zero-order valence-electron chi connectivity index (χ0n) is 22.0. The Morgan fingerprint density at radius 2 is 1.57 bits per heavy atom. The second-order valence-electron chi connectivity index (χ2n) is 8.97. The molecule has 0 radical (unpaired) electrons. The van der Waals surface area contributed by atoms with Crippen molar-refractivity contribution in [2.24, 2.45) is 0 Å². The van der Waals surface area contributed by atoms with Crippen LogP contribution in [0.15, 0.2) is 72.9 Å². The first-order valence-corrected chi connectivity index (χ1v) is 12.7. The number of nitrogens with zero attached hydrogens (tertiary/aromatic N) is 1. The lowest BCUT2D eigenvalue weighted by Crippen LogP contribution is -2.39. The Hall–Kier alpha value is -4.41. The lowest BCUT2D eigenvalue weighted by atomic mass is 9.98. The van der Waals surface area contributed by atoms with Gasteiger partial charge in [0.05, 0.1) is 31.7 Å². The molecule has 0 aliphatic rings. The molecule has 1 unspecified atom stereocenters. The Morgan fingerprint density at radius 1 is 0.900 bits per heavy atom. The quantitative estimate of drug-likeness (QED) is 0.204. The van der Waals surface area contributed by atoms with Crippen LogP contribution in [-0.2, 0) is 25.3 Å². The van der Waals surface area contributed by atoms with E-state index in [0.717, 1.165) is 24.4 Å². The van der Waals surface area contributed by atoms with Crippen LogP contribution >= 0.6 is 0 Å². The number of nitrogens with one attached hydrogen (secondary N) is 3. The number of pyridine rings is 1. The van der Waals surface area contributed by atoms with Gasteiger partial charge < -0.3 is 20.7 Å². The third kappa shape index (κ3) is 9.72. The standard InChI is InChI=1S/C29H31F3N4O4/c1-40-28(39)18-24(22-10-8-20(9-11-22)21-12-14-23(15-13-21)29(30,31)32)36-27(38)19-35-26(37)7-3-5-17-34-25-6-2-4-16-33-25/h2,4,6,8-16,24H,3,5,7,17-19H2,1H3,(H,33,34)(H,35,37)(H,36,38). The number of unbranched alkanes of at least 4 members (excludes halogenated alkanes) is 1. The predicted molar refractivity (Wildman–Crippen MR) is 144 cm³/mol. The summed E-state index contributed by atoms with van der Waals surface area (Å²) in [5.41, 5.74) is 1.12. The van der Waals surface area contributed by atoms with Crippen LogP contribution in [-0.4, -0.2) is 43.0 Å². The highest BCUT2D eigenvalue weighted by molar-refractivity contribution is 5.85. The normalized spacial score (nSPS) is 11.8. The number of aromatic nitrogens is 1. The second kappa shape index (κ2) is 14.7. The van der Waals surface area contributed by atoms with Crippen molar-refractivity contribution >= 4 is 23.6 Å². The number of esters is 1. The molecule has 0 bridgehead atoms. The molecular weight excluding hydrogens is 525 g/mol. The molecule has 0 fully saturated rings. The van der Waals surface area contributed by atoms with E-state index >= 15 is 0 Å². The van der Waals surface area contributed by atoms with Crippen molar-refractivity contribution < 1.29 is 32.3 Å². The van der Waals surface area contributed by atoms with E-state index in [1.807, 2.05) is 18.2 Å². The van der Waals surface area contributed by atoms with Crippen LogP contribution < -0.4 is 16.0 Å². The highest BCUT2D eigenvalue weighted by Gasteiger charge is 2.30. The number of halogens is 3. The maximum absolute atomic E-state index is 12.8. The smallest absolute Gasteiger partial charge is 0.416 e. The number of alkyl halides is 3. The Balaban J connectivity index is 1.50. The number of benzene rings is 2. The van der Waals surface area contributed by atoms with Crippen molar-refractivity contribution in [2.45, 2.75) is 37.9 Å². The average Bonchev–Trinajstić information content (AvgIpc) is 2.95. The van der Waals surface area contributed by atoms with Crippen molar-refractivity contribution in [2.75, 3.05) is 25.5 Å². The van der Waals surface area contributed by atoms with E-state index in [9.17, 15) is 27.6 Å². The molecule has 1 atom stereocenters. The molecule has 40 heavy (non-hydrogen) atoms. The first-order valence-electron chi connectivity index (χ1n) is 12.7. The van der Waals surface area contributed by atoms with E-state index in [1.165, 1.54) is 19.2 Å². The summed E-state index contributed by atoms with van der Waals surface area (Å²) in [6.45, 7) is 0.407. The summed E-state index contributed by atoms with van der Waals surface area (Å²) in [4.78, 5) is 40.8. The molecule has 1 heterocycles. The summed E-state index contributed by atoms with van der Waals surface area (Å²) >= 11 is 0. The van der Waals surface area contributed by atoms with Crippen molar-refractivity contribution in [3.63, 3.8) is 0 Å². The van der Waals surface area contributed by atoms with E-state index in [0.29, 0.717) is 29.7 Å². The number of rotatable bonds is 13. The molecule has 0 saturated heterocycles. The summed E-state index contributed by atoms with van der Waals surface area (Å²) in [6.07, 6.45) is -1.23. The van der Waals surface area contributed by atoms with E-state index in [-0.39, 0.29) is 25.3 Å². The van der Waals surface area contributed by atoms with Crippen LogP contribution in [0.4, 0.5) is 19.0 Å². The Bertz CT molecular complexity index is 1250. The molecule has 212 valence electrons. The molecule has 0 aliphatic carbocycles. The minimum absolute atomic E-state index is 0.140. The Labute approximate surface area is 230 Å². The maximum Gasteiger partial charge on any atom is 0.416 e. The maximum atomic E-state index is 12.8. The van der Waals surface area contributed by atoms with Gasteiger partial charge in [-0.15, -0.1) is 0 Å². The number of carbonyl (C=O) groups excluding carboxylic acids is 3. The van der Waals surface area contributed by atoms with Gasteiger partial charge in [-0.25, -0.2) is 4.98 Å². The number of ether oxygens (including phenoxy) is 1. The summed E-state index contributed by atoms with van der Waals surface area (Å²) in [5.74, 6) is -0.524. The first kappa shape index (κ1) is 30.1. The molecule has 8 nitrogen and oxygen atoms in total. The third-order valence-corrected chi connectivity index (χ3v) is 6.04. The fourth-order valence-corrected chi connectivity index (χ4v) is 3.87. The zero-order chi connectivity index (χ0) is 29.0. The average molecular weight is 557 g/mol. The first-order chi connectivity index (χ1) is 19.2. The highest BCUT2D eigenvalue weighted by atomic mass is 19.4. The number of amides is 2. The van der Waals surface area contributed by atoms with Gasteiger partial charge in [-0.2, -0.15) is 13.2 Å². The lowest BCUT2D eigenvalue weighted by Gasteiger charge is -2.19. The second-order valence-corrected chi connectivity index (χ2v) is 8.97. The lowest BCUT2D eigenvalue weighted by molar-refractivity contribution is -0.141. The molecular formula is C29H31F3N4O4. The van der Waals surface area contributed by atoms with Crippen molar-refractivity contribution in [3.05, 3.63) is 84.1 Å². The van der Waals surface area contributed by atoms with Crippen LogP contribution in [0.25, 0.3) is 11.1 Å². The Kier molecular flexibility index (Phi) is 11.0. The van der Waals surface area contributed by atoms with Gasteiger partial charge in [0.15, 0.2) is 0 Å². The van der Waals surface area contributed by atoms with E-state index in [2.05, 4.69) is 20.9 Å². The third-order valence-electron chi connectivity index (χ3n) is 6.04. The van der Waals surface area contributed by atoms with Crippen LogP contribution in [0, 0.1) is 0 Å². The van der Waals surface area contributed by atoms with Gasteiger partial charge in [0, 0.05) is 19.2 Å². The van der Waals surface area contributed by atoms with Crippen LogP contribution in [0.5, 0.6) is 0 Å². The predicted octanol–water partition coefficient (Wildman–Crippen LogP) is 4.89. The number of hydrogen-bond acceptors (Lipinski definition) is 6. The molecule has 3 aromatic rings. The van der Waals surface area contributed by atoms with Crippen molar-refractivity contribution in [1.29, 1.82) is 0 Å².